The van der Waals surface area contributed by atoms with Gasteiger partial charge in [0.2, 0.25) is 17.7 Å². The lowest BCUT2D eigenvalue weighted by atomic mass is 10.1. The van der Waals surface area contributed by atoms with Crippen LogP contribution < -0.4 is 10.1 Å². The van der Waals surface area contributed by atoms with E-state index in [1.165, 1.54) is 29.8 Å². The van der Waals surface area contributed by atoms with Crippen LogP contribution in [0.15, 0.2) is 66.9 Å². The minimum Gasteiger partial charge on any atom is -0.439 e. The molecule has 0 spiro atoms. The van der Waals surface area contributed by atoms with E-state index in [2.05, 4.69) is 10.3 Å². The normalized spacial score (nSPS) is 15.6. The zero-order chi connectivity index (χ0) is 22.5. The zero-order valence-corrected chi connectivity index (χ0v) is 17.8. The van der Waals surface area contributed by atoms with Crippen LogP contribution in [0.3, 0.4) is 0 Å². The fraction of sp³-hybridized carbons (Fsp3) is 0.240. The summed E-state index contributed by atoms with van der Waals surface area (Å²) in [4.78, 5) is 30.9. The fourth-order valence-electron chi connectivity index (χ4n) is 3.59. The molecule has 2 heterocycles. The van der Waals surface area contributed by atoms with Crippen LogP contribution in [0.5, 0.6) is 11.6 Å². The number of nitrogens with one attached hydrogen (secondary N) is 1. The van der Waals surface area contributed by atoms with Crippen molar-refractivity contribution in [1.82, 2.24) is 15.2 Å². The summed E-state index contributed by atoms with van der Waals surface area (Å²) in [5, 5.41) is 2.90. The van der Waals surface area contributed by atoms with Gasteiger partial charge < -0.3 is 15.0 Å². The van der Waals surface area contributed by atoms with Crippen LogP contribution in [0, 0.1) is 18.7 Å². The monoisotopic (exact) mass is 433 g/mol. The Bertz CT molecular complexity index is 1100. The van der Waals surface area contributed by atoms with E-state index < -0.39 is 0 Å². The van der Waals surface area contributed by atoms with Gasteiger partial charge in [-0.2, -0.15) is 0 Å². The summed E-state index contributed by atoms with van der Waals surface area (Å²) < 4.78 is 18.7. The van der Waals surface area contributed by atoms with Crippen molar-refractivity contribution in [3.05, 3.63) is 89.4 Å². The summed E-state index contributed by atoms with van der Waals surface area (Å²) in [7, 11) is 0. The average molecular weight is 433 g/mol. The maximum atomic E-state index is 13.0. The van der Waals surface area contributed by atoms with Crippen molar-refractivity contribution in [2.75, 3.05) is 6.54 Å². The Morgan fingerprint density at radius 1 is 1.12 bits per heavy atom. The predicted octanol–water partition coefficient (Wildman–Crippen LogP) is 3.99. The molecule has 164 valence electrons. The lowest BCUT2D eigenvalue weighted by molar-refractivity contribution is -0.129. The first kappa shape index (κ1) is 21.5. The molecule has 0 radical (unpaired) electrons. The van der Waals surface area contributed by atoms with E-state index in [9.17, 15) is 14.0 Å². The number of nitrogens with zero attached hydrogens (tertiary/aromatic N) is 2. The molecule has 1 N–H and O–H groups in total. The SMILES string of the molecule is Cc1ccc(CN2CC(C(=O)NCc3ccnc(Oc4ccc(F)cc4)c3)CC2=O)cc1. The maximum absolute atomic E-state index is 13.0. The lowest BCUT2D eigenvalue weighted by Gasteiger charge is -2.17. The number of aromatic nitrogens is 1. The molecule has 1 unspecified atom stereocenters. The number of ether oxygens (including phenoxy) is 1. The Kier molecular flexibility index (Phi) is 6.44. The summed E-state index contributed by atoms with van der Waals surface area (Å²) in [5.74, 6) is -0.0524. The number of likely N-dealkylation sites (tertiary alicyclic amines) is 1. The fourth-order valence-corrected chi connectivity index (χ4v) is 3.59. The Morgan fingerprint density at radius 2 is 1.88 bits per heavy atom. The molecule has 1 atom stereocenters. The highest BCUT2D eigenvalue weighted by molar-refractivity contribution is 5.89. The number of aryl methyl sites for hydroxylation is 1. The second kappa shape index (κ2) is 9.60. The van der Waals surface area contributed by atoms with Gasteiger partial charge in [-0.05, 0) is 48.4 Å². The molecule has 6 nitrogen and oxygen atoms in total. The van der Waals surface area contributed by atoms with E-state index in [0.717, 1.165) is 11.1 Å². The van der Waals surface area contributed by atoms with E-state index in [1.54, 1.807) is 23.2 Å². The van der Waals surface area contributed by atoms with Crippen molar-refractivity contribution in [3.63, 3.8) is 0 Å². The van der Waals surface area contributed by atoms with Crippen LogP contribution in [-0.4, -0.2) is 28.2 Å². The van der Waals surface area contributed by atoms with Crippen LogP contribution in [0.25, 0.3) is 0 Å². The molecule has 2 aromatic carbocycles. The Hall–Kier alpha value is -3.74. The van der Waals surface area contributed by atoms with Gasteiger partial charge in [0.25, 0.3) is 0 Å². The summed E-state index contributed by atoms with van der Waals surface area (Å²) in [6.45, 7) is 3.24. The first-order valence-electron chi connectivity index (χ1n) is 10.5. The number of hydrogen-bond donors (Lipinski definition) is 1. The third-order valence-electron chi connectivity index (χ3n) is 5.38. The van der Waals surface area contributed by atoms with E-state index in [-0.39, 0.29) is 30.0 Å². The smallest absolute Gasteiger partial charge is 0.225 e. The average Bonchev–Trinajstić information content (AvgIpc) is 3.16. The van der Waals surface area contributed by atoms with E-state index in [1.807, 2.05) is 31.2 Å². The molecule has 1 fully saturated rings. The number of amides is 2. The molecular weight excluding hydrogens is 409 g/mol. The molecule has 7 heteroatoms. The lowest BCUT2D eigenvalue weighted by Crippen LogP contribution is -2.32. The Labute approximate surface area is 186 Å². The summed E-state index contributed by atoms with van der Waals surface area (Å²) in [6.07, 6.45) is 1.80. The van der Waals surface area contributed by atoms with Crippen LogP contribution in [0.2, 0.25) is 0 Å². The maximum Gasteiger partial charge on any atom is 0.225 e. The van der Waals surface area contributed by atoms with E-state index in [4.69, 9.17) is 4.74 Å². The quantitative estimate of drug-likeness (QED) is 0.612. The van der Waals surface area contributed by atoms with Gasteiger partial charge in [-0.15, -0.1) is 0 Å². The topological polar surface area (TPSA) is 71.5 Å². The molecule has 0 aliphatic carbocycles. The standard InChI is InChI=1S/C25H24FN3O3/c1-17-2-4-18(5-3-17)15-29-16-20(13-24(29)30)25(31)28-14-19-10-11-27-23(12-19)32-22-8-6-21(26)7-9-22/h2-12,20H,13-16H2,1H3,(H,28,31). The van der Waals surface area contributed by atoms with Crippen LogP contribution >= 0.6 is 0 Å². The zero-order valence-electron chi connectivity index (χ0n) is 17.8. The first-order valence-corrected chi connectivity index (χ1v) is 10.5. The molecule has 1 aliphatic rings. The number of rotatable bonds is 7. The van der Waals surface area contributed by atoms with Crippen LogP contribution in [0.1, 0.15) is 23.1 Å². The van der Waals surface area contributed by atoms with E-state index >= 15 is 0 Å². The van der Waals surface area contributed by atoms with Gasteiger partial charge in [-0.1, -0.05) is 29.8 Å². The molecule has 1 saturated heterocycles. The minimum atomic E-state index is -0.371. The van der Waals surface area contributed by atoms with Crippen molar-refractivity contribution in [2.45, 2.75) is 26.4 Å². The number of pyridine rings is 1. The largest absolute Gasteiger partial charge is 0.439 e. The Morgan fingerprint density at radius 3 is 2.62 bits per heavy atom. The molecule has 3 aromatic rings. The highest BCUT2D eigenvalue weighted by Crippen LogP contribution is 2.22. The first-order chi connectivity index (χ1) is 15.5. The molecule has 0 saturated carbocycles. The van der Waals surface area contributed by atoms with Gasteiger partial charge in [0.05, 0.1) is 5.92 Å². The molecule has 2 amide bonds. The second-order valence-electron chi connectivity index (χ2n) is 7.94. The Balaban J connectivity index is 1.30. The van der Waals surface area contributed by atoms with Gasteiger partial charge in [-0.25, -0.2) is 9.37 Å². The summed E-state index contributed by atoms with van der Waals surface area (Å²) in [5.41, 5.74) is 3.03. The highest BCUT2D eigenvalue weighted by Gasteiger charge is 2.34. The van der Waals surface area contributed by atoms with Crippen LogP contribution in [0.4, 0.5) is 4.39 Å². The number of benzene rings is 2. The predicted molar refractivity (Wildman–Crippen MR) is 117 cm³/mol. The molecule has 1 aromatic heterocycles. The summed E-state index contributed by atoms with van der Waals surface area (Å²) in [6, 6.07) is 17.2. The van der Waals surface area contributed by atoms with Crippen molar-refractivity contribution < 1.29 is 18.7 Å². The van der Waals surface area contributed by atoms with Gasteiger partial charge in [-0.3, -0.25) is 9.59 Å². The number of carbonyl (C=O) groups is 2. The molecule has 4 rings (SSSR count). The van der Waals surface area contributed by atoms with Crippen molar-refractivity contribution in [2.24, 2.45) is 5.92 Å². The molecule has 1 aliphatic heterocycles. The highest BCUT2D eigenvalue weighted by atomic mass is 19.1. The number of halogens is 1. The van der Waals surface area contributed by atoms with Crippen molar-refractivity contribution >= 4 is 11.8 Å². The number of carbonyl (C=O) groups excluding carboxylic acids is 2. The van der Waals surface area contributed by atoms with Crippen molar-refractivity contribution in [1.29, 1.82) is 0 Å². The van der Waals surface area contributed by atoms with Gasteiger partial charge >= 0.3 is 0 Å². The summed E-state index contributed by atoms with van der Waals surface area (Å²) >= 11 is 0. The third-order valence-corrected chi connectivity index (χ3v) is 5.38. The van der Waals surface area contributed by atoms with Gasteiger partial charge in [0, 0.05) is 38.3 Å². The van der Waals surface area contributed by atoms with Gasteiger partial charge in [0.15, 0.2) is 0 Å². The molecule has 0 bridgehead atoms. The third kappa shape index (κ3) is 5.49. The molecular formula is C25H24FN3O3. The minimum absolute atomic E-state index is 0.00961. The van der Waals surface area contributed by atoms with Crippen molar-refractivity contribution in [3.8, 4) is 11.6 Å². The second-order valence-corrected chi connectivity index (χ2v) is 7.94. The molecule has 32 heavy (non-hydrogen) atoms. The number of hydrogen-bond acceptors (Lipinski definition) is 4. The van der Waals surface area contributed by atoms with E-state index in [0.29, 0.717) is 31.3 Å². The van der Waals surface area contributed by atoms with Gasteiger partial charge in [0.1, 0.15) is 11.6 Å². The van der Waals surface area contributed by atoms with Crippen LogP contribution in [-0.2, 0) is 22.7 Å².